The van der Waals surface area contributed by atoms with Crippen molar-refractivity contribution in [2.75, 3.05) is 16.0 Å². The van der Waals surface area contributed by atoms with Crippen LogP contribution in [-0.4, -0.2) is 22.8 Å². The molecule has 1 atom stereocenters. The Morgan fingerprint density at radius 3 is 2.13 bits per heavy atom. The van der Waals surface area contributed by atoms with E-state index in [2.05, 4.69) is 16.0 Å². The van der Waals surface area contributed by atoms with Gasteiger partial charge in [-0.2, -0.15) is 0 Å². The van der Waals surface area contributed by atoms with Gasteiger partial charge in [-0.25, -0.2) is 4.79 Å². The molecule has 3 aromatic carbocycles. The zero-order valence-corrected chi connectivity index (χ0v) is 15.9. The van der Waals surface area contributed by atoms with E-state index in [9.17, 15) is 19.5 Å². The van der Waals surface area contributed by atoms with Crippen LogP contribution >= 0.6 is 0 Å². The first-order valence-corrected chi connectivity index (χ1v) is 9.35. The van der Waals surface area contributed by atoms with E-state index in [1.54, 1.807) is 60.7 Å². The van der Waals surface area contributed by atoms with Crippen LogP contribution in [-0.2, 0) is 10.4 Å². The number of nitrogens with one attached hydrogen (secondary N) is 3. The maximum absolute atomic E-state index is 12.7. The molecule has 0 unspecified atom stereocenters. The average molecular weight is 401 g/mol. The van der Waals surface area contributed by atoms with Crippen molar-refractivity contribution in [3.05, 3.63) is 90.0 Å². The fourth-order valence-corrected chi connectivity index (χ4v) is 3.37. The number of urea groups is 1. The van der Waals surface area contributed by atoms with Crippen molar-refractivity contribution in [2.24, 2.45) is 0 Å². The van der Waals surface area contributed by atoms with Gasteiger partial charge in [0.1, 0.15) is 0 Å². The van der Waals surface area contributed by atoms with E-state index in [1.807, 2.05) is 18.2 Å². The standard InChI is InChI=1S/C23H19N3O4/c27-20(14-23(30)18-8-4-5-9-19(18)26-21(23)28)15-10-12-17(13-11-15)25-22(29)24-16-6-2-1-3-7-16/h1-13,30H,14H2,(H,26,28)(H2,24,25,29)/t23-/m0/s1. The zero-order chi connectivity index (χ0) is 21.1. The van der Waals surface area contributed by atoms with Crippen LogP contribution in [0.2, 0.25) is 0 Å². The van der Waals surface area contributed by atoms with Crippen LogP contribution < -0.4 is 16.0 Å². The van der Waals surface area contributed by atoms with Gasteiger partial charge in [0, 0.05) is 28.2 Å². The molecular formula is C23H19N3O4. The molecule has 0 radical (unpaired) electrons. The van der Waals surface area contributed by atoms with E-state index in [0.717, 1.165) is 0 Å². The molecule has 7 heteroatoms. The Labute approximate surface area is 172 Å². The summed E-state index contributed by atoms with van der Waals surface area (Å²) in [5.74, 6) is -1.00. The fraction of sp³-hybridized carbons (Fsp3) is 0.0870. The minimum atomic E-state index is -1.90. The maximum atomic E-state index is 12.7. The third-order valence-electron chi connectivity index (χ3n) is 4.91. The molecule has 3 aromatic rings. The molecule has 3 amide bonds. The van der Waals surface area contributed by atoms with E-state index in [4.69, 9.17) is 0 Å². The largest absolute Gasteiger partial charge is 0.375 e. The summed E-state index contributed by atoms with van der Waals surface area (Å²) in [6.07, 6.45) is -0.378. The lowest BCUT2D eigenvalue weighted by Crippen LogP contribution is -2.36. The van der Waals surface area contributed by atoms with Crippen molar-refractivity contribution >= 4 is 34.8 Å². The second-order valence-electron chi connectivity index (χ2n) is 6.98. The van der Waals surface area contributed by atoms with Crippen molar-refractivity contribution in [2.45, 2.75) is 12.0 Å². The van der Waals surface area contributed by atoms with Crippen molar-refractivity contribution < 1.29 is 19.5 Å². The number of rotatable bonds is 5. The lowest BCUT2D eigenvalue weighted by Gasteiger charge is -2.20. The predicted molar refractivity (Wildman–Crippen MR) is 113 cm³/mol. The van der Waals surface area contributed by atoms with Crippen LogP contribution in [0.4, 0.5) is 21.9 Å². The van der Waals surface area contributed by atoms with Crippen LogP contribution in [0.3, 0.4) is 0 Å². The van der Waals surface area contributed by atoms with Gasteiger partial charge in [0.05, 0.1) is 6.42 Å². The molecule has 0 aliphatic carbocycles. The van der Waals surface area contributed by atoms with E-state index < -0.39 is 17.5 Å². The number of amides is 3. The molecule has 150 valence electrons. The van der Waals surface area contributed by atoms with Gasteiger partial charge < -0.3 is 21.1 Å². The Kier molecular flexibility index (Phi) is 5.04. The van der Waals surface area contributed by atoms with E-state index >= 15 is 0 Å². The Balaban J connectivity index is 1.42. The number of fused-ring (bicyclic) bond motifs is 1. The van der Waals surface area contributed by atoms with Crippen LogP contribution in [0.15, 0.2) is 78.9 Å². The molecule has 1 aliphatic heterocycles. The number of ketones is 1. The summed E-state index contributed by atoms with van der Waals surface area (Å²) in [4.78, 5) is 37.0. The SMILES string of the molecule is O=C(Nc1ccccc1)Nc1ccc(C(=O)C[C@@]2(O)C(=O)Nc3ccccc32)cc1. The Morgan fingerprint density at radius 1 is 0.833 bits per heavy atom. The molecule has 0 bridgehead atoms. The first kappa shape index (κ1) is 19.4. The first-order chi connectivity index (χ1) is 14.5. The van der Waals surface area contributed by atoms with Crippen LogP contribution in [0.1, 0.15) is 22.3 Å². The number of hydrogen-bond donors (Lipinski definition) is 4. The summed E-state index contributed by atoms with van der Waals surface area (Å²) < 4.78 is 0. The highest BCUT2D eigenvalue weighted by Crippen LogP contribution is 2.38. The Hall–Kier alpha value is -3.97. The first-order valence-electron chi connectivity index (χ1n) is 9.35. The van der Waals surface area contributed by atoms with Gasteiger partial charge in [-0.15, -0.1) is 0 Å². The second-order valence-corrected chi connectivity index (χ2v) is 6.98. The minimum absolute atomic E-state index is 0.328. The summed E-state index contributed by atoms with van der Waals surface area (Å²) in [6, 6.07) is 21.6. The lowest BCUT2D eigenvalue weighted by atomic mass is 9.88. The zero-order valence-electron chi connectivity index (χ0n) is 15.9. The maximum Gasteiger partial charge on any atom is 0.323 e. The average Bonchev–Trinajstić information content (AvgIpc) is 2.99. The van der Waals surface area contributed by atoms with E-state index in [1.165, 1.54) is 0 Å². The predicted octanol–water partition coefficient (Wildman–Crippen LogP) is 3.74. The Bertz CT molecular complexity index is 1110. The monoisotopic (exact) mass is 401 g/mol. The van der Waals surface area contributed by atoms with Crippen LogP contribution in [0, 0.1) is 0 Å². The molecule has 0 aromatic heterocycles. The van der Waals surface area contributed by atoms with Gasteiger partial charge in [0.2, 0.25) is 0 Å². The molecular weight excluding hydrogens is 382 g/mol. The number of carbonyl (C=O) groups excluding carboxylic acids is 3. The highest BCUT2D eigenvalue weighted by molar-refractivity contribution is 6.09. The summed E-state index contributed by atoms with van der Waals surface area (Å²) >= 11 is 0. The number of carbonyl (C=O) groups is 3. The van der Waals surface area contributed by atoms with Crippen molar-refractivity contribution in [3.8, 4) is 0 Å². The van der Waals surface area contributed by atoms with Crippen molar-refractivity contribution in [1.29, 1.82) is 0 Å². The number of Topliss-reactive ketones (excluding diaryl/α,β-unsaturated/α-hetero) is 1. The molecule has 4 N–H and O–H groups in total. The number of para-hydroxylation sites is 2. The molecule has 0 fully saturated rings. The van der Waals surface area contributed by atoms with Crippen LogP contribution in [0.25, 0.3) is 0 Å². The summed E-state index contributed by atoms with van der Waals surface area (Å²) in [7, 11) is 0. The van der Waals surface area contributed by atoms with Gasteiger partial charge >= 0.3 is 6.03 Å². The van der Waals surface area contributed by atoms with Crippen molar-refractivity contribution in [3.63, 3.8) is 0 Å². The third-order valence-corrected chi connectivity index (χ3v) is 4.91. The van der Waals surface area contributed by atoms with Gasteiger partial charge in [-0.3, -0.25) is 9.59 Å². The number of hydrogen-bond acceptors (Lipinski definition) is 4. The van der Waals surface area contributed by atoms with E-state index in [0.29, 0.717) is 28.2 Å². The summed E-state index contributed by atoms with van der Waals surface area (Å²) in [5, 5.41) is 18.8. The lowest BCUT2D eigenvalue weighted by molar-refractivity contribution is -0.133. The molecule has 0 spiro atoms. The van der Waals surface area contributed by atoms with E-state index in [-0.39, 0.29) is 12.2 Å². The minimum Gasteiger partial charge on any atom is -0.375 e. The highest BCUT2D eigenvalue weighted by atomic mass is 16.3. The number of anilines is 3. The summed E-state index contributed by atoms with van der Waals surface area (Å²) in [5.41, 5.74) is 0.476. The molecule has 4 rings (SSSR count). The molecule has 7 nitrogen and oxygen atoms in total. The van der Waals surface area contributed by atoms with Gasteiger partial charge in [0.25, 0.3) is 5.91 Å². The van der Waals surface area contributed by atoms with Gasteiger partial charge in [0.15, 0.2) is 11.4 Å². The van der Waals surface area contributed by atoms with Gasteiger partial charge in [-0.1, -0.05) is 36.4 Å². The normalized spacial score (nSPS) is 17.0. The topological polar surface area (TPSA) is 108 Å². The van der Waals surface area contributed by atoms with Gasteiger partial charge in [-0.05, 0) is 42.5 Å². The smallest absolute Gasteiger partial charge is 0.323 e. The third kappa shape index (κ3) is 3.78. The molecule has 1 heterocycles. The number of aliphatic hydroxyl groups is 1. The quantitative estimate of drug-likeness (QED) is 0.489. The molecule has 0 saturated heterocycles. The second kappa shape index (κ2) is 7.81. The molecule has 0 saturated carbocycles. The highest BCUT2D eigenvalue weighted by Gasteiger charge is 2.46. The summed E-state index contributed by atoms with van der Waals surface area (Å²) in [6.45, 7) is 0. The molecule has 1 aliphatic rings. The molecule has 30 heavy (non-hydrogen) atoms. The van der Waals surface area contributed by atoms with Crippen molar-refractivity contribution in [1.82, 2.24) is 0 Å². The fourth-order valence-electron chi connectivity index (χ4n) is 3.37. The number of benzene rings is 3. The Morgan fingerprint density at radius 2 is 1.43 bits per heavy atom. The van der Waals surface area contributed by atoms with Crippen LogP contribution in [0.5, 0.6) is 0 Å².